The van der Waals surface area contributed by atoms with Crippen molar-refractivity contribution in [3.05, 3.63) is 0 Å². The minimum Gasteiger partial charge on any atom is -0.475 e. The first-order valence-electron chi connectivity index (χ1n) is 6.51. The van der Waals surface area contributed by atoms with Crippen molar-refractivity contribution in [1.29, 1.82) is 0 Å². The zero-order valence-corrected chi connectivity index (χ0v) is 12.0. The minimum absolute atomic E-state index is 0.550. The summed E-state index contributed by atoms with van der Waals surface area (Å²) in [6.07, 6.45) is 2.80. The summed E-state index contributed by atoms with van der Waals surface area (Å²) in [6, 6.07) is 0. The molecule has 0 aliphatic carbocycles. The molecule has 0 aromatic heterocycles. The Hall–Kier alpha value is -1.47. The average Bonchev–Trinajstić information content (AvgIpc) is 2.37. The van der Waals surface area contributed by atoms with Crippen LogP contribution in [0.15, 0.2) is 4.99 Å². The van der Waals surface area contributed by atoms with Crippen molar-refractivity contribution in [3.63, 3.8) is 0 Å². The first-order chi connectivity index (χ1) is 9.25. The number of carboxylic acids is 1. The number of guanidine groups is 1. The molecular weight excluding hydrogens is 275 g/mol. The van der Waals surface area contributed by atoms with Gasteiger partial charge >= 0.3 is 12.1 Å². The van der Waals surface area contributed by atoms with Crippen molar-refractivity contribution in [1.82, 2.24) is 5.32 Å². The predicted octanol–water partition coefficient (Wildman–Crippen LogP) is 2.51. The van der Waals surface area contributed by atoms with Gasteiger partial charge in [0.1, 0.15) is 0 Å². The Bertz CT molecular complexity index is 282. The Morgan fingerprint density at radius 1 is 1.20 bits per heavy atom. The molecule has 0 aliphatic rings. The summed E-state index contributed by atoms with van der Waals surface area (Å²) in [5.74, 6) is -2.21. The highest BCUT2D eigenvalue weighted by Crippen LogP contribution is 2.13. The highest BCUT2D eigenvalue weighted by atomic mass is 19.4. The summed E-state index contributed by atoms with van der Waals surface area (Å²) in [7, 11) is 1.70. The first-order valence-corrected chi connectivity index (χ1v) is 6.51. The van der Waals surface area contributed by atoms with Gasteiger partial charge in [-0.1, -0.05) is 39.0 Å². The number of carbonyl (C=O) groups is 1. The Morgan fingerprint density at radius 2 is 1.65 bits per heavy atom. The van der Waals surface area contributed by atoms with E-state index >= 15 is 0 Å². The van der Waals surface area contributed by atoms with Gasteiger partial charge < -0.3 is 16.2 Å². The van der Waals surface area contributed by atoms with Crippen LogP contribution in [0.3, 0.4) is 0 Å². The van der Waals surface area contributed by atoms with E-state index < -0.39 is 12.1 Å². The molecule has 0 saturated carbocycles. The number of rotatable bonds is 7. The Labute approximate surface area is 117 Å². The van der Waals surface area contributed by atoms with Crippen LogP contribution in [0.25, 0.3) is 0 Å². The molecule has 120 valence electrons. The largest absolute Gasteiger partial charge is 0.490 e. The topological polar surface area (TPSA) is 87.7 Å². The molecule has 0 fully saturated rings. The van der Waals surface area contributed by atoms with Crippen LogP contribution in [0.2, 0.25) is 0 Å². The van der Waals surface area contributed by atoms with Gasteiger partial charge in [-0.2, -0.15) is 13.2 Å². The molecule has 4 N–H and O–H groups in total. The van der Waals surface area contributed by atoms with E-state index in [9.17, 15) is 13.2 Å². The summed E-state index contributed by atoms with van der Waals surface area (Å²) in [5, 5.41) is 10.2. The number of hydrogen-bond donors (Lipinski definition) is 3. The van der Waals surface area contributed by atoms with Crippen molar-refractivity contribution in [2.75, 3.05) is 13.6 Å². The molecule has 0 heterocycles. The molecule has 0 spiro atoms. The number of halogens is 3. The third-order valence-corrected chi connectivity index (χ3v) is 2.32. The predicted molar refractivity (Wildman–Crippen MR) is 72.6 cm³/mol. The third kappa shape index (κ3) is 16.5. The quantitative estimate of drug-likeness (QED) is 0.383. The van der Waals surface area contributed by atoms with Gasteiger partial charge in [-0.3, -0.25) is 4.99 Å². The lowest BCUT2D eigenvalue weighted by Gasteiger charge is -2.03. The van der Waals surface area contributed by atoms with Gasteiger partial charge in [0, 0.05) is 13.6 Å². The number of aliphatic imine (C=N–C) groups is 1. The fourth-order valence-corrected chi connectivity index (χ4v) is 1.20. The van der Waals surface area contributed by atoms with Crippen LogP contribution in [0.4, 0.5) is 13.2 Å². The van der Waals surface area contributed by atoms with Crippen LogP contribution >= 0.6 is 0 Å². The van der Waals surface area contributed by atoms with Crippen molar-refractivity contribution in [3.8, 4) is 0 Å². The maximum absolute atomic E-state index is 10.6. The van der Waals surface area contributed by atoms with Gasteiger partial charge in [0.15, 0.2) is 5.96 Å². The molecule has 8 heteroatoms. The second-order valence-corrected chi connectivity index (χ2v) is 4.11. The van der Waals surface area contributed by atoms with Gasteiger partial charge in [-0.15, -0.1) is 0 Å². The molecule has 0 rings (SSSR count). The summed E-state index contributed by atoms with van der Waals surface area (Å²) >= 11 is 0. The zero-order valence-electron chi connectivity index (χ0n) is 12.0. The van der Waals surface area contributed by atoms with Crippen LogP contribution in [0, 0.1) is 0 Å². The molecule has 20 heavy (non-hydrogen) atoms. The van der Waals surface area contributed by atoms with Crippen LogP contribution in [0.1, 0.15) is 45.4 Å². The fraction of sp³-hybridized carbons (Fsp3) is 0.833. The van der Waals surface area contributed by atoms with Crippen LogP contribution in [-0.2, 0) is 4.79 Å². The Kier molecular flexibility index (Phi) is 13.1. The molecule has 0 amide bonds. The summed E-state index contributed by atoms with van der Waals surface area (Å²) in [5.41, 5.74) is 5.47. The molecule has 0 radical (unpaired) electrons. The molecule has 0 aromatic carbocycles. The van der Waals surface area contributed by atoms with E-state index in [1.165, 1.54) is 38.5 Å². The maximum atomic E-state index is 10.6. The second kappa shape index (κ2) is 12.6. The minimum atomic E-state index is -5.08. The van der Waals surface area contributed by atoms with E-state index in [0.717, 1.165) is 6.54 Å². The van der Waals surface area contributed by atoms with Crippen LogP contribution < -0.4 is 11.1 Å². The lowest BCUT2D eigenvalue weighted by molar-refractivity contribution is -0.192. The summed E-state index contributed by atoms with van der Waals surface area (Å²) < 4.78 is 31.7. The fourth-order valence-electron chi connectivity index (χ4n) is 1.20. The van der Waals surface area contributed by atoms with Gasteiger partial charge in [-0.25, -0.2) is 4.79 Å². The molecule has 0 saturated heterocycles. The van der Waals surface area contributed by atoms with E-state index in [1.807, 2.05) is 0 Å². The lowest BCUT2D eigenvalue weighted by Crippen LogP contribution is -2.31. The van der Waals surface area contributed by atoms with E-state index in [1.54, 1.807) is 7.05 Å². The number of nitrogens with zero attached hydrogens (tertiary/aromatic N) is 1. The standard InChI is InChI=1S/C10H23N3.C2HF3O2/c1-3-4-5-6-7-8-9-13-10(11)12-2;3-2(4,5)1(6)7/h3-9H2,1-2H3,(H3,11,12,13);(H,6,7). The normalized spacial score (nSPS) is 11.6. The monoisotopic (exact) mass is 299 g/mol. The number of alkyl halides is 3. The highest BCUT2D eigenvalue weighted by Gasteiger charge is 2.38. The molecule has 0 bridgehead atoms. The average molecular weight is 299 g/mol. The van der Waals surface area contributed by atoms with Gasteiger partial charge in [0.05, 0.1) is 0 Å². The second-order valence-electron chi connectivity index (χ2n) is 4.11. The molecule has 0 atom stereocenters. The zero-order chi connectivity index (χ0) is 16.0. The molecule has 0 aliphatic heterocycles. The smallest absolute Gasteiger partial charge is 0.475 e. The molecule has 5 nitrogen and oxygen atoms in total. The number of carboxylic acid groups (broad SMARTS) is 1. The molecule has 0 aromatic rings. The SMILES string of the molecule is CCCCCCCCNC(N)=NC.O=C(O)C(F)(F)F. The van der Waals surface area contributed by atoms with E-state index in [4.69, 9.17) is 15.6 Å². The molecule has 0 unspecified atom stereocenters. The van der Waals surface area contributed by atoms with Crippen LogP contribution in [0.5, 0.6) is 0 Å². The number of aliphatic carboxylic acids is 1. The van der Waals surface area contributed by atoms with Crippen molar-refractivity contribution >= 4 is 11.9 Å². The summed E-state index contributed by atoms with van der Waals surface area (Å²) in [6.45, 7) is 3.19. The van der Waals surface area contributed by atoms with Gasteiger partial charge in [0.25, 0.3) is 0 Å². The maximum Gasteiger partial charge on any atom is 0.490 e. The Morgan fingerprint density at radius 3 is 2.05 bits per heavy atom. The number of hydrogen-bond acceptors (Lipinski definition) is 2. The van der Waals surface area contributed by atoms with E-state index in [2.05, 4.69) is 17.2 Å². The van der Waals surface area contributed by atoms with Gasteiger partial charge in [0.2, 0.25) is 0 Å². The van der Waals surface area contributed by atoms with E-state index in [-0.39, 0.29) is 0 Å². The summed E-state index contributed by atoms with van der Waals surface area (Å²) in [4.78, 5) is 12.7. The lowest BCUT2D eigenvalue weighted by atomic mass is 10.1. The van der Waals surface area contributed by atoms with Gasteiger partial charge in [-0.05, 0) is 6.42 Å². The van der Waals surface area contributed by atoms with Crippen molar-refractivity contribution < 1.29 is 23.1 Å². The first kappa shape index (κ1) is 20.8. The van der Waals surface area contributed by atoms with Crippen molar-refractivity contribution in [2.24, 2.45) is 10.7 Å². The number of unbranched alkanes of at least 4 members (excludes halogenated alkanes) is 5. The number of nitrogens with one attached hydrogen (secondary N) is 1. The van der Waals surface area contributed by atoms with Crippen LogP contribution in [-0.4, -0.2) is 36.8 Å². The number of nitrogens with two attached hydrogens (primary N) is 1. The third-order valence-electron chi connectivity index (χ3n) is 2.32. The highest BCUT2D eigenvalue weighted by molar-refractivity contribution is 5.77. The van der Waals surface area contributed by atoms with Crippen molar-refractivity contribution in [2.45, 2.75) is 51.6 Å². The van der Waals surface area contributed by atoms with E-state index in [0.29, 0.717) is 5.96 Å². The Balaban J connectivity index is 0. The molecular formula is C12H24F3N3O2.